The van der Waals surface area contributed by atoms with Gasteiger partial charge in [0.15, 0.2) is 5.76 Å². The van der Waals surface area contributed by atoms with Crippen LogP contribution in [-0.4, -0.2) is 17.1 Å². The van der Waals surface area contributed by atoms with Gasteiger partial charge >= 0.3 is 0 Å². The summed E-state index contributed by atoms with van der Waals surface area (Å²) in [5.41, 5.74) is 7.07. The van der Waals surface area contributed by atoms with Gasteiger partial charge < -0.3 is 15.6 Å². The van der Waals surface area contributed by atoms with Gasteiger partial charge in [-0.05, 0) is 24.7 Å². The predicted molar refractivity (Wildman–Crippen MR) is 81.8 cm³/mol. The molecule has 0 saturated heterocycles. The summed E-state index contributed by atoms with van der Waals surface area (Å²) >= 11 is 0. The monoisotopic (exact) mass is 311 g/mol. The van der Waals surface area contributed by atoms with Crippen molar-refractivity contribution in [3.8, 4) is 0 Å². The van der Waals surface area contributed by atoms with Crippen molar-refractivity contribution >= 4 is 18.3 Å². The molecule has 0 aliphatic heterocycles. The van der Waals surface area contributed by atoms with Gasteiger partial charge in [0.25, 0.3) is 0 Å². The number of nitrogens with two attached hydrogens (primary N) is 1. The van der Waals surface area contributed by atoms with E-state index in [1.165, 1.54) is 0 Å². The highest BCUT2D eigenvalue weighted by atomic mass is 35.5. The average molecular weight is 312 g/mol. The quantitative estimate of drug-likeness (QED) is 0.813. The van der Waals surface area contributed by atoms with Crippen LogP contribution in [0.15, 0.2) is 22.7 Å². The third kappa shape index (κ3) is 3.14. The summed E-state index contributed by atoms with van der Waals surface area (Å²) in [7, 11) is 0. The predicted octanol–water partition coefficient (Wildman–Crippen LogP) is 1.81. The molecule has 2 aliphatic rings. The van der Waals surface area contributed by atoms with Crippen LogP contribution in [0, 0.1) is 17.8 Å². The maximum absolute atomic E-state index is 12.3. The number of carbonyl (C=O) groups excluding carboxylic acids is 1. The van der Waals surface area contributed by atoms with Crippen molar-refractivity contribution in [3.63, 3.8) is 0 Å². The van der Waals surface area contributed by atoms with E-state index in [-0.39, 0.29) is 30.3 Å². The lowest BCUT2D eigenvalue weighted by Crippen LogP contribution is -2.43. The van der Waals surface area contributed by atoms with Gasteiger partial charge in [-0.25, -0.2) is 0 Å². The number of fused-ring (bicyclic) bond motifs is 2. The van der Waals surface area contributed by atoms with Crippen LogP contribution in [0.25, 0.3) is 0 Å². The van der Waals surface area contributed by atoms with Crippen molar-refractivity contribution in [2.45, 2.75) is 38.8 Å². The molecule has 116 valence electrons. The Kier molecular flexibility index (Phi) is 5.06. The number of aryl methyl sites for hydroxylation is 1. The molecule has 21 heavy (non-hydrogen) atoms. The van der Waals surface area contributed by atoms with Gasteiger partial charge in [0.2, 0.25) is 5.91 Å². The molecule has 1 heterocycles. The molecule has 3 N–H and O–H groups in total. The fraction of sp³-hybridized carbons (Fsp3) is 0.600. The summed E-state index contributed by atoms with van der Waals surface area (Å²) in [6, 6.07) is 1.86. The lowest BCUT2D eigenvalue weighted by Gasteiger charge is -2.23. The molecule has 5 nitrogen and oxygen atoms in total. The van der Waals surface area contributed by atoms with Gasteiger partial charge in [0.1, 0.15) is 0 Å². The van der Waals surface area contributed by atoms with Crippen molar-refractivity contribution < 1.29 is 9.32 Å². The summed E-state index contributed by atoms with van der Waals surface area (Å²) in [6.45, 7) is 2.49. The number of rotatable bonds is 5. The van der Waals surface area contributed by atoms with E-state index in [4.69, 9.17) is 10.3 Å². The number of hydrogen-bond acceptors (Lipinski definition) is 4. The van der Waals surface area contributed by atoms with E-state index in [0.717, 1.165) is 25.0 Å². The van der Waals surface area contributed by atoms with Crippen molar-refractivity contribution in [1.29, 1.82) is 0 Å². The van der Waals surface area contributed by atoms with E-state index in [1.54, 1.807) is 0 Å². The number of nitrogens with one attached hydrogen (secondary N) is 1. The maximum Gasteiger partial charge on any atom is 0.225 e. The van der Waals surface area contributed by atoms with E-state index in [0.29, 0.717) is 24.1 Å². The van der Waals surface area contributed by atoms with Crippen molar-refractivity contribution in [2.75, 3.05) is 0 Å². The lowest BCUT2D eigenvalue weighted by molar-refractivity contribution is -0.126. The SMILES string of the molecule is CCCc1cc(CNC(=O)[C@H]2[C@@H](N)[C@H]3C=C[C@@H]2C3)on1.Cl. The molecule has 0 spiro atoms. The molecule has 6 heteroatoms. The molecule has 2 bridgehead atoms. The first-order chi connectivity index (χ1) is 9.69. The highest BCUT2D eigenvalue weighted by Crippen LogP contribution is 2.42. The Bertz CT molecular complexity index is 529. The fourth-order valence-corrected chi connectivity index (χ4v) is 3.33. The fourth-order valence-electron chi connectivity index (χ4n) is 3.33. The van der Waals surface area contributed by atoms with Crippen molar-refractivity contribution in [1.82, 2.24) is 10.5 Å². The molecule has 3 rings (SSSR count). The average Bonchev–Trinajstić information content (AvgIpc) is 3.12. The summed E-state index contributed by atoms with van der Waals surface area (Å²) in [5.74, 6) is 1.32. The molecule has 2 aliphatic carbocycles. The van der Waals surface area contributed by atoms with Crippen LogP contribution in [0.2, 0.25) is 0 Å². The number of nitrogens with zero attached hydrogens (tertiary/aromatic N) is 1. The zero-order valence-corrected chi connectivity index (χ0v) is 12.9. The zero-order chi connectivity index (χ0) is 14.1. The topological polar surface area (TPSA) is 81.2 Å². The Morgan fingerprint density at radius 3 is 2.90 bits per heavy atom. The van der Waals surface area contributed by atoms with Gasteiger partial charge in [0.05, 0.1) is 18.2 Å². The number of hydrogen-bond donors (Lipinski definition) is 2. The van der Waals surface area contributed by atoms with Gasteiger partial charge in [-0.2, -0.15) is 0 Å². The minimum Gasteiger partial charge on any atom is -0.359 e. The summed E-state index contributed by atoms with van der Waals surface area (Å²) in [5, 5.41) is 6.90. The minimum atomic E-state index is -0.0944. The first-order valence-corrected chi connectivity index (χ1v) is 7.35. The third-order valence-corrected chi connectivity index (χ3v) is 4.37. The molecule has 1 aromatic rings. The van der Waals surface area contributed by atoms with E-state index in [9.17, 15) is 4.79 Å². The number of allylic oxidation sites excluding steroid dienone is 1. The van der Waals surface area contributed by atoms with E-state index in [2.05, 4.69) is 29.5 Å². The molecule has 0 unspecified atom stereocenters. The zero-order valence-electron chi connectivity index (χ0n) is 12.1. The van der Waals surface area contributed by atoms with Crippen molar-refractivity contribution in [3.05, 3.63) is 29.7 Å². The molecule has 1 aromatic heterocycles. The molecule has 0 aromatic carbocycles. The van der Waals surface area contributed by atoms with Crippen LogP contribution in [0.3, 0.4) is 0 Å². The maximum atomic E-state index is 12.3. The van der Waals surface area contributed by atoms with Crippen LogP contribution in [0.5, 0.6) is 0 Å². The Morgan fingerprint density at radius 2 is 2.24 bits per heavy atom. The Balaban J connectivity index is 0.00000161. The first kappa shape index (κ1) is 16.0. The normalized spacial score (nSPS) is 29.4. The highest BCUT2D eigenvalue weighted by Gasteiger charge is 2.46. The second kappa shape index (κ2) is 6.62. The van der Waals surface area contributed by atoms with E-state index < -0.39 is 0 Å². The lowest BCUT2D eigenvalue weighted by atomic mass is 9.89. The van der Waals surface area contributed by atoms with Crippen LogP contribution < -0.4 is 11.1 Å². The first-order valence-electron chi connectivity index (χ1n) is 7.35. The molecule has 4 atom stereocenters. The van der Waals surface area contributed by atoms with Crippen LogP contribution in [0.1, 0.15) is 31.2 Å². The van der Waals surface area contributed by atoms with Gasteiger partial charge in [-0.15, -0.1) is 12.4 Å². The summed E-state index contributed by atoms with van der Waals surface area (Å²) < 4.78 is 5.21. The number of halogens is 1. The molecule has 1 amide bonds. The number of amides is 1. The Morgan fingerprint density at radius 1 is 1.48 bits per heavy atom. The third-order valence-electron chi connectivity index (χ3n) is 4.37. The Hall–Kier alpha value is -1.33. The summed E-state index contributed by atoms with van der Waals surface area (Å²) in [6.07, 6.45) is 7.23. The standard InChI is InChI=1S/C15H21N3O2.ClH/c1-2-3-11-7-12(20-18-11)8-17-15(19)13-9-4-5-10(6-9)14(13)16;/h4-5,7,9-10,13-14H,2-3,6,8,16H2,1H3,(H,17,19);1H/t9-,10+,13-,14+;/m1./s1. The second-order valence-electron chi connectivity index (χ2n) is 5.80. The van der Waals surface area contributed by atoms with E-state index in [1.807, 2.05) is 6.07 Å². The van der Waals surface area contributed by atoms with Crippen LogP contribution >= 0.6 is 12.4 Å². The summed E-state index contributed by atoms with van der Waals surface area (Å²) in [4.78, 5) is 12.3. The molecular weight excluding hydrogens is 290 g/mol. The van der Waals surface area contributed by atoms with Gasteiger partial charge in [0, 0.05) is 12.1 Å². The molecule has 0 radical (unpaired) electrons. The number of carbonyl (C=O) groups is 1. The van der Waals surface area contributed by atoms with Crippen LogP contribution in [-0.2, 0) is 17.8 Å². The Labute approximate surface area is 130 Å². The largest absolute Gasteiger partial charge is 0.359 e. The minimum absolute atomic E-state index is 0. The van der Waals surface area contributed by atoms with Gasteiger partial charge in [-0.1, -0.05) is 30.7 Å². The van der Waals surface area contributed by atoms with Crippen molar-refractivity contribution in [2.24, 2.45) is 23.5 Å². The van der Waals surface area contributed by atoms with E-state index >= 15 is 0 Å². The second-order valence-corrected chi connectivity index (χ2v) is 5.80. The molecule has 1 fully saturated rings. The van der Waals surface area contributed by atoms with Gasteiger partial charge in [-0.3, -0.25) is 4.79 Å². The number of aromatic nitrogens is 1. The molecule has 1 saturated carbocycles. The highest BCUT2D eigenvalue weighted by molar-refractivity contribution is 5.85. The molecular formula is C15H22ClN3O2. The smallest absolute Gasteiger partial charge is 0.225 e. The van der Waals surface area contributed by atoms with Crippen LogP contribution in [0.4, 0.5) is 0 Å².